The van der Waals surface area contributed by atoms with E-state index in [1.807, 2.05) is 6.92 Å². The summed E-state index contributed by atoms with van der Waals surface area (Å²) in [7, 11) is 0. The van der Waals surface area contributed by atoms with Gasteiger partial charge in [0.1, 0.15) is 11.9 Å². The zero-order valence-electron chi connectivity index (χ0n) is 14.7. The number of halogens is 1. The van der Waals surface area contributed by atoms with E-state index in [0.29, 0.717) is 18.6 Å². The van der Waals surface area contributed by atoms with Crippen LogP contribution in [-0.2, 0) is 25.7 Å². The van der Waals surface area contributed by atoms with Gasteiger partial charge in [-0.15, -0.1) is 11.8 Å². The van der Waals surface area contributed by atoms with Crippen molar-refractivity contribution >= 4 is 29.5 Å². The van der Waals surface area contributed by atoms with Crippen LogP contribution >= 0.6 is 11.8 Å². The number of rotatable bonds is 5. The second kappa shape index (κ2) is 7.26. The maximum absolute atomic E-state index is 12.9. The molecular weight excluding hydrogens is 359 g/mol. The Morgan fingerprint density at radius 2 is 2.12 bits per heavy atom. The molecule has 6 nitrogen and oxygen atoms in total. The molecule has 2 fully saturated rings. The third kappa shape index (κ3) is 3.70. The summed E-state index contributed by atoms with van der Waals surface area (Å²) in [4.78, 5) is 37.9. The van der Waals surface area contributed by atoms with Gasteiger partial charge in [-0.25, -0.2) is 9.18 Å². The van der Waals surface area contributed by atoms with E-state index in [1.54, 1.807) is 28.8 Å². The van der Waals surface area contributed by atoms with Crippen molar-refractivity contribution in [2.24, 2.45) is 0 Å². The number of carbonyl (C=O) groups excluding carboxylic acids is 3. The predicted octanol–water partition coefficient (Wildman–Crippen LogP) is 1.83. The maximum atomic E-state index is 12.9. The molecule has 0 bridgehead atoms. The second-order valence-corrected chi connectivity index (χ2v) is 8.19. The molecule has 2 saturated heterocycles. The minimum absolute atomic E-state index is 0.0483. The lowest BCUT2D eigenvalue weighted by molar-refractivity contribution is -0.161. The number of nitrogens with one attached hydrogen (secondary N) is 1. The summed E-state index contributed by atoms with van der Waals surface area (Å²) in [6, 6.07) is 5.12. The fourth-order valence-electron chi connectivity index (χ4n) is 3.24. The minimum Gasteiger partial charge on any atom is -0.451 e. The Bertz CT molecular complexity index is 726. The number of carbonyl (C=O) groups is 3. The second-order valence-electron chi connectivity index (χ2n) is 6.69. The van der Waals surface area contributed by atoms with Gasteiger partial charge in [0.2, 0.25) is 5.91 Å². The Morgan fingerprint density at radius 1 is 1.42 bits per heavy atom. The van der Waals surface area contributed by atoms with Crippen LogP contribution in [0.4, 0.5) is 4.39 Å². The van der Waals surface area contributed by atoms with Gasteiger partial charge in [0.25, 0.3) is 5.91 Å². The maximum Gasteiger partial charge on any atom is 0.330 e. The molecule has 2 amide bonds. The first-order valence-corrected chi connectivity index (χ1v) is 9.47. The van der Waals surface area contributed by atoms with Crippen molar-refractivity contribution in [2.45, 2.75) is 50.3 Å². The fourth-order valence-corrected chi connectivity index (χ4v) is 4.65. The molecule has 0 unspecified atom stereocenters. The molecule has 2 heterocycles. The molecule has 0 aromatic heterocycles. The number of amides is 2. The van der Waals surface area contributed by atoms with Crippen molar-refractivity contribution in [3.63, 3.8) is 0 Å². The van der Waals surface area contributed by atoms with Gasteiger partial charge < -0.3 is 15.0 Å². The van der Waals surface area contributed by atoms with Crippen LogP contribution in [0.5, 0.6) is 0 Å². The van der Waals surface area contributed by atoms with Crippen LogP contribution in [0, 0.1) is 5.82 Å². The lowest BCUT2D eigenvalue weighted by Crippen LogP contribution is -2.48. The molecule has 2 aliphatic heterocycles. The lowest BCUT2D eigenvalue weighted by atomic mass is 10.2. The summed E-state index contributed by atoms with van der Waals surface area (Å²) < 4.78 is 18.2. The van der Waals surface area contributed by atoms with Gasteiger partial charge in [0.15, 0.2) is 6.10 Å². The molecule has 3 atom stereocenters. The van der Waals surface area contributed by atoms with E-state index in [1.165, 1.54) is 19.1 Å². The first kappa shape index (κ1) is 18.7. The van der Waals surface area contributed by atoms with Crippen LogP contribution in [-0.4, -0.2) is 45.5 Å². The van der Waals surface area contributed by atoms with Crippen LogP contribution in [0.1, 0.15) is 32.3 Å². The summed E-state index contributed by atoms with van der Waals surface area (Å²) in [5, 5.41) is 2.65. The summed E-state index contributed by atoms with van der Waals surface area (Å²) in [5.41, 5.74) is 0.740. The van der Waals surface area contributed by atoms with Gasteiger partial charge in [-0.05, 0) is 38.0 Å². The number of benzene rings is 1. The predicted molar refractivity (Wildman–Crippen MR) is 94.5 cm³/mol. The molecule has 0 saturated carbocycles. The quantitative estimate of drug-likeness (QED) is 0.789. The number of ether oxygens (including phenoxy) is 1. The summed E-state index contributed by atoms with van der Waals surface area (Å²) in [6.07, 6.45) is 0.173. The molecular formula is C18H21FN2O4S. The topological polar surface area (TPSA) is 75.7 Å². The molecule has 1 aromatic rings. The number of esters is 1. The number of fused-ring (bicyclic) bond motifs is 1. The zero-order valence-corrected chi connectivity index (χ0v) is 15.5. The summed E-state index contributed by atoms with van der Waals surface area (Å²) >= 11 is 1.57. The summed E-state index contributed by atoms with van der Waals surface area (Å²) in [5.74, 6) is -0.914. The molecule has 2 aliphatic rings. The van der Waals surface area contributed by atoms with Gasteiger partial charge in [0.05, 0.1) is 4.87 Å². The largest absolute Gasteiger partial charge is 0.451 e. The van der Waals surface area contributed by atoms with E-state index in [9.17, 15) is 18.8 Å². The molecule has 140 valence electrons. The Hall–Kier alpha value is -2.09. The highest BCUT2D eigenvalue weighted by Gasteiger charge is 2.53. The van der Waals surface area contributed by atoms with Crippen LogP contribution in [0.3, 0.4) is 0 Å². The van der Waals surface area contributed by atoms with E-state index >= 15 is 0 Å². The number of hydrogen-bond donors (Lipinski definition) is 1. The number of nitrogens with zero attached hydrogens (tertiary/aromatic N) is 1. The molecule has 0 radical (unpaired) electrons. The van der Waals surface area contributed by atoms with E-state index < -0.39 is 24.0 Å². The summed E-state index contributed by atoms with van der Waals surface area (Å²) in [6.45, 7) is 3.66. The monoisotopic (exact) mass is 380 g/mol. The van der Waals surface area contributed by atoms with E-state index in [2.05, 4.69) is 5.32 Å². The molecule has 1 N–H and O–H groups in total. The Morgan fingerprint density at radius 3 is 2.81 bits per heavy atom. The van der Waals surface area contributed by atoms with Crippen molar-refractivity contribution in [3.8, 4) is 0 Å². The number of thioether (sulfide) groups is 1. The standard InChI is InChI=1S/C18H21FN2O4S/c1-11(16(23)20-9-12-3-5-13(19)6-4-12)25-17(24)14-10-26-18(2)8-7-15(22)21(14)18/h3-6,11,14H,7-10H2,1-2H3,(H,20,23)/t11-,14+,18+/m1/s1. The first-order valence-electron chi connectivity index (χ1n) is 8.49. The zero-order chi connectivity index (χ0) is 18.9. The van der Waals surface area contributed by atoms with Crippen molar-refractivity contribution in [1.82, 2.24) is 10.2 Å². The van der Waals surface area contributed by atoms with Crippen molar-refractivity contribution in [1.29, 1.82) is 0 Å². The normalized spacial score (nSPS) is 25.7. The number of hydrogen-bond acceptors (Lipinski definition) is 5. The van der Waals surface area contributed by atoms with Gasteiger partial charge in [-0.1, -0.05) is 12.1 Å². The smallest absolute Gasteiger partial charge is 0.330 e. The molecule has 26 heavy (non-hydrogen) atoms. The lowest BCUT2D eigenvalue weighted by Gasteiger charge is -2.29. The van der Waals surface area contributed by atoms with Crippen molar-refractivity contribution in [3.05, 3.63) is 35.6 Å². The van der Waals surface area contributed by atoms with E-state index in [0.717, 1.165) is 5.56 Å². The fraction of sp³-hybridized carbons (Fsp3) is 0.500. The molecule has 0 spiro atoms. The van der Waals surface area contributed by atoms with Gasteiger partial charge >= 0.3 is 5.97 Å². The highest BCUT2D eigenvalue weighted by atomic mass is 32.2. The highest BCUT2D eigenvalue weighted by Crippen LogP contribution is 2.47. The first-order chi connectivity index (χ1) is 12.3. The Balaban J connectivity index is 1.53. The van der Waals surface area contributed by atoms with Gasteiger partial charge in [-0.2, -0.15) is 0 Å². The molecule has 3 rings (SSSR count). The average Bonchev–Trinajstić information content (AvgIpc) is 3.10. The van der Waals surface area contributed by atoms with Crippen LogP contribution in [0.25, 0.3) is 0 Å². The van der Waals surface area contributed by atoms with Gasteiger partial charge in [0, 0.05) is 18.7 Å². The van der Waals surface area contributed by atoms with Crippen molar-refractivity contribution < 1.29 is 23.5 Å². The van der Waals surface area contributed by atoms with E-state index in [-0.39, 0.29) is 23.1 Å². The van der Waals surface area contributed by atoms with Crippen LogP contribution < -0.4 is 5.32 Å². The highest BCUT2D eigenvalue weighted by molar-refractivity contribution is 8.01. The third-order valence-corrected chi connectivity index (χ3v) is 6.26. The molecule has 8 heteroatoms. The third-order valence-electron chi connectivity index (χ3n) is 4.76. The van der Waals surface area contributed by atoms with E-state index in [4.69, 9.17) is 4.74 Å². The minimum atomic E-state index is -0.975. The van der Waals surface area contributed by atoms with Crippen LogP contribution in [0.15, 0.2) is 24.3 Å². The Labute approximate surface area is 155 Å². The van der Waals surface area contributed by atoms with Gasteiger partial charge in [-0.3, -0.25) is 9.59 Å². The Kier molecular flexibility index (Phi) is 5.22. The SMILES string of the molecule is C[C@@H](OC(=O)[C@@H]1CS[C@@]2(C)CCC(=O)N12)C(=O)NCc1ccc(F)cc1. The average molecular weight is 380 g/mol. The molecule has 0 aliphatic carbocycles. The molecule has 1 aromatic carbocycles. The van der Waals surface area contributed by atoms with Crippen LogP contribution in [0.2, 0.25) is 0 Å². The van der Waals surface area contributed by atoms with Crippen molar-refractivity contribution in [2.75, 3.05) is 5.75 Å².